The Morgan fingerprint density at radius 2 is 2.13 bits per heavy atom. The van der Waals surface area contributed by atoms with Crippen molar-refractivity contribution in [3.05, 3.63) is 29.3 Å². The topological polar surface area (TPSA) is 75.4 Å². The van der Waals surface area contributed by atoms with E-state index in [1.165, 1.54) is 0 Å². The van der Waals surface area contributed by atoms with Crippen molar-refractivity contribution in [2.75, 3.05) is 18.4 Å². The maximum absolute atomic E-state index is 12.5. The minimum absolute atomic E-state index is 0.0228. The number of piperidine rings is 1. The molecule has 0 radical (unpaired) electrons. The van der Waals surface area contributed by atoms with Gasteiger partial charge >= 0.3 is 0 Å². The number of nitrogens with zero attached hydrogens (tertiary/aromatic N) is 1. The van der Waals surface area contributed by atoms with Gasteiger partial charge < -0.3 is 11.1 Å². The molecule has 1 heterocycles. The van der Waals surface area contributed by atoms with Crippen molar-refractivity contribution in [1.29, 1.82) is 0 Å². The molecule has 5 nitrogen and oxygen atoms in total. The van der Waals surface area contributed by atoms with Gasteiger partial charge in [-0.3, -0.25) is 14.5 Å². The Bertz CT molecular complexity index is 571. The Hall–Kier alpha value is -1.88. The number of para-hydroxylation sites is 1. The number of hydrogen-bond donors (Lipinski definition) is 2. The standard InChI is InChI=1S/C18H27N3O2/c1-3-14-8-6-7-13(2)18(14)20-17(23)12-21-10-5-4-9-15(21)11-16(19)22/h6-8,15H,3-5,9-12H2,1-2H3,(H2,19,22)(H,20,23). The number of likely N-dealkylation sites (tertiary alicyclic amines) is 1. The third-order valence-corrected chi connectivity index (χ3v) is 4.54. The summed E-state index contributed by atoms with van der Waals surface area (Å²) in [6.45, 7) is 5.25. The summed E-state index contributed by atoms with van der Waals surface area (Å²) in [4.78, 5) is 25.8. The van der Waals surface area contributed by atoms with Crippen LogP contribution in [0.1, 0.15) is 43.7 Å². The average molecular weight is 317 g/mol. The number of aryl methyl sites for hydroxylation is 2. The first-order valence-corrected chi connectivity index (χ1v) is 8.42. The predicted molar refractivity (Wildman–Crippen MR) is 92.2 cm³/mol. The molecular weight excluding hydrogens is 290 g/mol. The molecule has 1 atom stereocenters. The Morgan fingerprint density at radius 1 is 1.35 bits per heavy atom. The van der Waals surface area contributed by atoms with Gasteiger partial charge in [-0.1, -0.05) is 31.5 Å². The average Bonchev–Trinajstić information content (AvgIpc) is 2.50. The van der Waals surface area contributed by atoms with E-state index in [0.29, 0.717) is 13.0 Å². The highest BCUT2D eigenvalue weighted by Crippen LogP contribution is 2.22. The first-order valence-electron chi connectivity index (χ1n) is 8.42. The number of nitrogens with one attached hydrogen (secondary N) is 1. The highest BCUT2D eigenvalue weighted by Gasteiger charge is 2.25. The zero-order valence-electron chi connectivity index (χ0n) is 14.1. The van der Waals surface area contributed by atoms with Gasteiger partial charge in [0, 0.05) is 18.2 Å². The van der Waals surface area contributed by atoms with Gasteiger partial charge in [0.25, 0.3) is 0 Å². The largest absolute Gasteiger partial charge is 0.370 e. The number of rotatable bonds is 6. The number of carbonyl (C=O) groups excluding carboxylic acids is 2. The van der Waals surface area contributed by atoms with Gasteiger partial charge in [-0.2, -0.15) is 0 Å². The van der Waals surface area contributed by atoms with Crippen LogP contribution in [0.5, 0.6) is 0 Å². The van der Waals surface area contributed by atoms with Crippen molar-refractivity contribution in [3.8, 4) is 0 Å². The van der Waals surface area contributed by atoms with Crippen LogP contribution in [0.2, 0.25) is 0 Å². The molecule has 0 saturated carbocycles. The summed E-state index contributed by atoms with van der Waals surface area (Å²) in [6.07, 6.45) is 4.30. The van der Waals surface area contributed by atoms with E-state index in [1.54, 1.807) is 0 Å². The van der Waals surface area contributed by atoms with Crippen molar-refractivity contribution in [3.63, 3.8) is 0 Å². The lowest BCUT2D eigenvalue weighted by atomic mass is 9.99. The Morgan fingerprint density at radius 3 is 2.83 bits per heavy atom. The van der Waals surface area contributed by atoms with Crippen LogP contribution in [0, 0.1) is 6.92 Å². The summed E-state index contributed by atoms with van der Waals surface area (Å²) in [5.74, 6) is -0.320. The zero-order chi connectivity index (χ0) is 16.8. The van der Waals surface area contributed by atoms with Crippen LogP contribution in [-0.4, -0.2) is 35.8 Å². The summed E-state index contributed by atoms with van der Waals surface area (Å²) in [5, 5.41) is 3.05. The fourth-order valence-corrected chi connectivity index (χ4v) is 3.30. The molecule has 0 bridgehead atoms. The van der Waals surface area contributed by atoms with Crippen LogP contribution in [-0.2, 0) is 16.0 Å². The summed E-state index contributed by atoms with van der Waals surface area (Å²) in [6, 6.07) is 6.15. The van der Waals surface area contributed by atoms with E-state index in [9.17, 15) is 9.59 Å². The normalized spacial score (nSPS) is 18.6. The van der Waals surface area contributed by atoms with E-state index in [4.69, 9.17) is 5.73 Å². The minimum Gasteiger partial charge on any atom is -0.370 e. The molecule has 0 aliphatic carbocycles. The Balaban J connectivity index is 2.02. The van der Waals surface area contributed by atoms with Gasteiger partial charge in [0.2, 0.25) is 11.8 Å². The van der Waals surface area contributed by atoms with Crippen LogP contribution in [0.25, 0.3) is 0 Å². The number of nitrogens with two attached hydrogens (primary N) is 1. The molecule has 1 unspecified atom stereocenters. The SMILES string of the molecule is CCc1cccc(C)c1NC(=O)CN1CCCCC1CC(N)=O. The van der Waals surface area contributed by atoms with Crippen LogP contribution in [0.3, 0.4) is 0 Å². The summed E-state index contributed by atoms with van der Waals surface area (Å²) in [5.41, 5.74) is 8.47. The van der Waals surface area contributed by atoms with Gasteiger partial charge in [-0.05, 0) is 43.9 Å². The molecular formula is C18H27N3O2. The molecule has 3 N–H and O–H groups in total. The van der Waals surface area contributed by atoms with Crippen LogP contribution < -0.4 is 11.1 Å². The summed E-state index contributed by atoms with van der Waals surface area (Å²) in [7, 11) is 0. The molecule has 2 amide bonds. The monoisotopic (exact) mass is 317 g/mol. The van der Waals surface area contributed by atoms with Gasteiger partial charge in [0.15, 0.2) is 0 Å². The van der Waals surface area contributed by atoms with Gasteiger partial charge in [0.1, 0.15) is 0 Å². The number of anilines is 1. The molecule has 1 aliphatic rings. The molecule has 0 aromatic heterocycles. The van der Waals surface area contributed by atoms with Gasteiger partial charge in [0.05, 0.1) is 6.54 Å². The fourth-order valence-electron chi connectivity index (χ4n) is 3.30. The Kier molecular flexibility index (Phi) is 6.16. The molecule has 2 rings (SSSR count). The number of amides is 2. The van der Waals surface area contributed by atoms with E-state index in [1.807, 2.05) is 25.1 Å². The highest BCUT2D eigenvalue weighted by molar-refractivity contribution is 5.93. The van der Waals surface area contributed by atoms with Crippen molar-refractivity contribution in [2.45, 2.75) is 52.0 Å². The summed E-state index contributed by atoms with van der Waals surface area (Å²) >= 11 is 0. The van der Waals surface area contributed by atoms with Gasteiger partial charge in [-0.15, -0.1) is 0 Å². The zero-order valence-corrected chi connectivity index (χ0v) is 14.1. The van der Waals surface area contributed by atoms with E-state index in [0.717, 1.165) is 49.0 Å². The molecule has 23 heavy (non-hydrogen) atoms. The molecule has 1 saturated heterocycles. The predicted octanol–water partition coefficient (Wildman–Crippen LogP) is 2.23. The van der Waals surface area contributed by atoms with E-state index >= 15 is 0 Å². The second-order valence-electron chi connectivity index (χ2n) is 6.30. The number of carbonyl (C=O) groups is 2. The third-order valence-electron chi connectivity index (χ3n) is 4.54. The second kappa shape index (κ2) is 8.11. The van der Waals surface area contributed by atoms with Crippen LogP contribution in [0.15, 0.2) is 18.2 Å². The maximum Gasteiger partial charge on any atom is 0.238 e. The number of hydrogen-bond acceptors (Lipinski definition) is 3. The van der Waals surface area contributed by atoms with Gasteiger partial charge in [-0.25, -0.2) is 0 Å². The lowest BCUT2D eigenvalue weighted by molar-refractivity contribution is -0.122. The van der Waals surface area contributed by atoms with Crippen LogP contribution in [0.4, 0.5) is 5.69 Å². The van der Waals surface area contributed by atoms with Crippen molar-refractivity contribution < 1.29 is 9.59 Å². The molecule has 126 valence electrons. The fraction of sp³-hybridized carbons (Fsp3) is 0.556. The third kappa shape index (κ3) is 4.79. The Labute approximate surface area is 138 Å². The van der Waals surface area contributed by atoms with E-state index < -0.39 is 0 Å². The first-order chi connectivity index (χ1) is 11.0. The van der Waals surface area contributed by atoms with E-state index in [2.05, 4.69) is 17.1 Å². The van der Waals surface area contributed by atoms with E-state index in [-0.39, 0.29) is 17.9 Å². The minimum atomic E-state index is -0.297. The number of benzene rings is 1. The number of primary amides is 1. The molecule has 1 fully saturated rings. The quantitative estimate of drug-likeness (QED) is 0.845. The second-order valence-corrected chi connectivity index (χ2v) is 6.30. The lowest BCUT2D eigenvalue weighted by Gasteiger charge is -2.34. The molecule has 1 aromatic carbocycles. The van der Waals surface area contributed by atoms with Crippen molar-refractivity contribution in [1.82, 2.24) is 4.90 Å². The lowest BCUT2D eigenvalue weighted by Crippen LogP contribution is -2.45. The van der Waals surface area contributed by atoms with Crippen molar-refractivity contribution in [2.24, 2.45) is 5.73 Å². The van der Waals surface area contributed by atoms with Crippen LogP contribution >= 0.6 is 0 Å². The molecule has 1 aromatic rings. The molecule has 5 heteroatoms. The maximum atomic E-state index is 12.5. The van der Waals surface area contributed by atoms with Crippen molar-refractivity contribution >= 4 is 17.5 Å². The molecule has 0 spiro atoms. The first kappa shape index (κ1) is 17.5. The summed E-state index contributed by atoms with van der Waals surface area (Å²) < 4.78 is 0. The smallest absolute Gasteiger partial charge is 0.238 e. The highest BCUT2D eigenvalue weighted by atomic mass is 16.2. The molecule has 1 aliphatic heterocycles.